The smallest absolute Gasteiger partial charge is 0.329 e. The summed E-state index contributed by atoms with van der Waals surface area (Å²) < 4.78 is 5.31. The highest BCUT2D eigenvalue weighted by atomic mass is 16.5. The van der Waals surface area contributed by atoms with E-state index in [1.54, 1.807) is 0 Å². The van der Waals surface area contributed by atoms with E-state index in [1.807, 2.05) is 6.92 Å². The number of amides is 1. The minimum absolute atomic E-state index is 0.00774. The van der Waals surface area contributed by atoms with Gasteiger partial charge in [-0.1, -0.05) is 13.8 Å². The van der Waals surface area contributed by atoms with Crippen molar-refractivity contribution < 1.29 is 19.4 Å². The molecule has 0 saturated carbocycles. The molecule has 1 aliphatic heterocycles. The number of aliphatic carboxylic acids is 1. The third-order valence-corrected chi connectivity index (χ3v) is 4.18. The average molecular weight is 300 g/mol. The molecule has 1 fully saturated rings. The van der Waals surface area contributed by atoms with E-state index in [2.05, 4.69) is 24.1 Å². The van der Waals surface area contributed by atoms with E-state index in [0.717, 1.165) is 38.8 Å². The molecule has 6 heteroatoms. The highest BCUT2D eigenvalue weighted by Gasteiger charge is 2.27. The summed E-state index contributed by atoms with van der Waals surface area (Å²) in [5.74, 6) is -0.857. The van der Waals surface area contributed by atoms with E-state index in [1.165, 1.54) is 0 Å². The second-order valence-corrected chi connectivity index (χ2v) is 5.64. The largest absolute Gasteiger partial charge is 0.480 e. The van der Waals surface area contributed by atoms with Gasteiger partial charge < -0.3 is 15.2 Å². The first-order valence-corrected chi connectivity index (χ1v) is 7.85. The Morgan fingerprint density at radius 2 is 1.86 bits per heavy atom. The molecule has 0 aromatic carbocycles. The summed E-state index contributed by atoms with van der Waals surface area (Å²) in [5, 5.41) is 11.7. The number of carboxylic acids is 1. The maximum atomic E-state index is 12.2. The van der Waals surface area contributed by atoms with Crippen LogP contribution >= 0.6 is 0 Å². The van der Waals surface area contributed by atoms with Gasteiger partial charge in [-0.15, -0.1) is 0 Å². The zero-order chi connectivity index (χ0) is 15.8. The fraction of sp³-hybridized carbons (Fsp3) is 0.867. The standard InChI is InChI=1S/C15H28N2O4/c1-4-12(5-2)16-15(20)11(3)17-8-6-13(7-9-17)21-10-14(18)19/h11-13H,4-10H2,1-3H3,(H,16,20)(H,18,19). The maximum absolute atomic E-state index is 12.2. The van der Waals surface area contributed by atoms with Gasteiger partial charge in [0.2, 0.25) is 5.91 Å². The third kappa shape index (κ3) is 6.01. The quantitative estimate of drug-likeness (QED) is 0.705. The Labute approximate surface area is 126 Å². The molecule has 21 heavy (non-hydrogen) atoms. The third-order valence-electron chi connectivity index (χ3n) is 4.18. The van der Waals surface area contributed by atoms with Crippen LogP contribution in [0.1, 0.15) is 46.5 Å². The Balaban J connectivity index is 2.35. The van der Waals surface area contributed by atoms with Crippen molar-refractivity contribution >= 4 is 11.9 Å². The lowest BCUT2D eigenvalue weighted by Gasteiger charge is -2.35. The molecule has 122 valence electrons. The van der Waals surface area contributed by atoms with Crippen molar-refractivity contribution in [3.8, 4) is 0 Å². The summed E-state index contributed by atoms with van der Waals surface area (Å²) in [6.45, 7) is 7.36. The predicted octanol–water partition coefficient (Wildman–Crippen LogP) is 1.25. The minimum atomic E-state index is -0.935. The van der Waals surface area contributed by atoms with E-state index < -0.39 is 5.97 Å². The molecular weight excluding hydrogens is 272 g/mol. The van der Waals surface area contributed by atoms with Gasteiger partial charge >= 0.3 is 5.97 Å². The highest BCUT2D eigenvalue weighted by molar-refractivity contribution is 5.81. The Morgan fingerprint density at radius 1 is 1.29 bits per heavy atom. The van der Waals surface area contributed by atoms with E-state index in [-0.39, 0.29) is 30.7 Å². The number of ether oxygens (including phenoxy) is 1. The van der Waals surface area contributed by atoms with Crippen molar-refractivity contribution in [2.45, 2.75) is 64.6 Å². The van der Waals surface area contributed by atoms with Crippen LogP contribution < -0.4 is 5.32 Å². The lowest BCUT2D eigenvalue weighted by molar-refractivity contribution is -0.145. The van der Waals surface area contributed by atoms with Crippen molar-refractivity contribution in [1.82, 2.24) is 10.2 Å². The van der Waals surface area contributed by atoms with Crippen LogP contribution in [0.2, 0.25) is 0 Å². The fourth-order valence-corrected chi connectivity index (χ4v) is 2.60. The summed E-state index contributed by atoms with van der Waals surface area (Å²) in [4.78, 5) is 24.8. The van der Waals surface area contributed by atoms with Crippen molar-refractivity contribution in [2.75, 3.05) is 19.7 Å². The second kappa shape index (κ2) is 9.00. The van der Waals surface area contributed by atoms with Gasteiger partial charge in [0.1, 0.15) is 6.61 Å². The average Bonchev–Trinajstić information content (AvgIpc) is 2.50. The Bertz CT molecular complexity index is 337. The molecule has 6 nitrogen and oxygen atoms in total. The van der Waals surface area contributed by atoms with E-state index in [4.69, 9.17) is 9.84 Å². The monoisotopic (exact) mass is 300 g/mol. The van der Waals surface area contributed by atoms with Gasteiger partial charge in [-0.2, -0.15) is 0 Å². The SMILES string of the molecule is CCC(CC)NC(=O)C(C)N1CCC(OCC(=O)O)CC1. The molecule has 1 rings (SSSR count). The molecule has 0 radical (unpaired) electrons. The van der Waals surface area contributed by atoms with Crippen LogP contribution in [0.25, 0.3) is 0 Å². The number of carboxylic acid groups (broad SMARTS) is 1. The number of nitrogens with one attached hydrogen (secondary N) is 1. The van der Waals surface area contributed by atoms with Gasteiger partial charge in [-0.25, -0.2) is 4.79 Å². The molecule has 1 amide bonds. The molecule has 1 saturated heterocycles. The van der Waals surface area contributed by atoms with Gasteiger partial charge in [0.25, 0.3) is 0 Å². The predicted molar refractivity (Wildman–Crippen MR) is 80.2 cm³/mol. The lowest BCUT2D eigenvalue weighted by atomic mass is 10.1. The number of hydrogen-bond acceptors (Lipinski definition) is 4. The van der Waals surface area contributed by atoms with Gasteiger partial charge in [0, 0.05) is 19.1 Å². The van der Waals surface area contributed by atoms with E-state index in [9.17, 15) is 9.59 Å². The topological polar surface area (TPSA) is 78.9 Å². The second-order valence-electron chi connectivity index (χ2n) is 5.64. The van der Waals surface area contributed by atoms with Gasteiger partial charge in [-0.3, -0.25) is 9.69 Å². The van der Waals surface area contributed by atoms with Gasteiger partial charge in [0.05, 0.1) is 12.1 Å². The van der Waals surface area contributed by atoms with Crippen molar-refractivity contribution in [3.63, 3.8) is 0 Å². The first-order chi connectivity index (χ1) is 9.97. The first kappa shape index (κ1) is 17.9. The highest BCUT2D eigenvalue weighted by Crippen LogP contribution is 2.16. The molecule has 0 aromatic rings. The molecule has 0 spiro atoms. The van der Waals surface area contributed by atoms with Crippen LogP contribution in [0.15, 0.2) is 0 Å². The molecule has 2 N–H and O–H groups in total. The number of nitrogens with zero attached hydrogens (tertiary/aromatic N) is 1. The first-order valence-electron chi connectivity index (χ1n) is 7.85. The number of hydrogen-bond donors (Lipinski definition) is 2. The Hall–Kier alpha value is -1.14. The van der Waals surface area contributed by atoms with Crippen LogP contribution in [0, 0.1) is 0 Å². The van der Waals surface area contributed by atoms with Crippen molar-refractivity contribution in [1.29, 1.82) is 0 Å². The van der Waals surface area contributed by atoms with Gasteiger partial charge in [-0.05, 0) is 32.6 Å². The number of carbonyl (C=O) groups is 2. The summed E-state index contributed by atoms with van der Waals surface area (Å²) in [6.07, 6.45) is 3.43. The fourth-order valence-electron chi connectivity index (χ4n) is 2.60. The van der Waals surface area contributed by atoms with Crippen molar-refractivity contribution in [2.24, 2.45) is 0 Å². The molecule has 1 heterocycles. The molecule has 0 aliphatic carbocycles. The number of carbonyl (C=O) groups excluding carboxylic acids is 1. The number of piperidine rings is 1. The summed E-state index contributed by atoms with van der Waals surface area (Å²) in [6, 6.07) is 0.0995. The van der Waals surface area contributed by atoms with E-state index >= 15 is 0 Å². The van der Waals surface area contributed by atoms with Crippen LogP contribution in [0.5, 0.6) is 0 Å². The van der Waals surface area contributed by atoms with Crippen LogP contribution in [-0.2, 0) is 14.3 Å². The van der Waals surface area contributed by atoms with Crippen molar-refractivity contribution in [3.05, 3.63) is 0 Å². The van der Waals surface area contributed by atoms with Crippen LogP contribution in [-0.4, -0.2) is 59.8 Å². The Kier molecular flexibility index (Phi) is 7.67. The Morgan fingerprint density at radius 3 is 2.33 bits per heavy atom. The molecular formula is C15H28N2O4. The summed E-state index contributed by atoms with van der Waals surface area (Å²) >= 11 is 0. The van der Waals surface area contributed by atoms with Gasteiger partial charge in [0.15, 0.2) is 0 Å². The zero-order valence-electron chi connectivity index (χ0n) is 13.3. The summed E-state index contributed by atoms with van der Waals surface area (Å²) in [7, 11) is 0. The lowest BCUT2D eigenvalue weighted by Crippen LogP contribution is -2.51. The number of likely N-dealkylation sites (tertiary alicyclic amines) is 1. The van der Waals surface area contributed by atoms with Crippen LogP contribution in [0.4, 0.5) is 0 Å². The maximum Gasteiger partial charge on any atom is 0.329 e. The molecule has 1 aliphatic rings. The zero-order valence-corrected chi connectivity index (χ0v) is 13.3. The normalized spacial score (nSPS) is 18.7. The van der Waals surface area contributed by atoms with E-state index in [0.29, 0.717) is 0 Å². The van der Waals surface area contributed by atoms with Crippen LogP contribution in [0.3, 0.4) is 0 Å². The molecule has 1 atom stereocenters. The molecule has 0 bridgehead atoms. The number of rotatable bonds is 8. The minimum Gasteiger partial charge on any atom is -0.480 e. The summed E-state index contributed by atoms with van der Waals surface area (Å²) in [5.41, 5.74) is 0. The molecule has 0 aromatic heterocycles. The molecule has 1 unspecified atom stereocenters.